The zero-order valence-corrected chi connectivity index (χ0v) is 14.2. The molecular weight excluding hydrogens is 302 g/mol. The Kier molecular flexibility index (Phi) is 5.91. The molecule has 0 radical (unpaired) electrons. The Labute approximate surface area is 137 Å². The molecule has 0 aliphatic carbocycles. The van der Waals surface area contributed by atoms with Crippen molar-refractivity contribution in [3.05, 3.63) is 28.8 Å². The van der Waals surface area contributed by atoms with E-state index >= 15 is 0 Å². The minimum Gasteiger partial charge on any atom is -0.496 e. The van der Waals surface area contributed by atoms with E-state index in [1.165, 1.54) is 0 Å². The predicted molar refractivity (Wildman–Crippen MR) is 88.5 cm³/mol. The Morgan fingerprint density at radius 2 is 2.27 bits per heavy atom. The van der Waals surface area contributed by atoms with Gasteiger partial charge in [0.05, 0.1) is 7.11 Å². The number of hydrogen-bond donors (Lipinski definition) is 1. The van der Waals surface area contributed by atoms with Gasteiger partial charge in [0.15, 0.2) is 0 Å². The molecule has 1 atom stereocenters. The normalized spacial score (nSPS) is 17.9. The van der Waals surface area contributed by atoms with Crippen LogP contribution in [0.3, 0.4) is 0 Å². The number of likely N-dealkylation sites (tertiary alicyclic amines) is 1. The maximum absolute atomic E-state index is 12.3. The van der Waals surface area contributed by atoms with Gasteiger partial charge in [-0.25, -0.2) is 4.79 Å². The molecule has 122 valence electrons. The number of halogens is 1. The Morgan fingerprint density at radius 1 is 1.50 bits per heavy atom. The van der Waals surface area contributed by atoms with Crippen LogP contribution in [0.4, 0.5) is 4.79 Å². The fraction of sp³-hybridized carbons (Fsp3) is 0.562. The highest BCUT2D eigenvalue weighted by molar-refractivity contribution is 6.30. The summed E-state index contributed by atoms with van der Waals surface area (Å²) in [7, 11) is 5.74. The first-order chi connectivity index (χ1) is 10.5. The van der Waals surface area contributed by atoms with Crippen LogP contribution in [0.15, 0.2) is 18.2 Å². The number of nitrogens with zero attached hydrogens (tertiary/aromatic N) is 2. The average molecular weight is 326 g/mol. The zero-order chi connectivity index (χ0) is 16.1. The van der Waals surface area contributed by atoms with Crippen LogP contribution in [0.2, 0.25) is 5.02 Å². The SMILES string of the molecule is COc1ccc(Cl)cc1CNC(=O)N1CC[C@@H](CN(C)C)C1. The minimum atomic E-state index is -0.0247. The van der Waals surface area contributed by atoms with Gasteiger partial charge in [-0.3, -0.25) is 0 Å². The summed E-state index contributed by atoms with van der Waals surface area (Å²) >= 11 is 6.00. The summed E-state index contributed by atoms with van der Waals surface area (Å²) in [5, 5.41) is 3.59. The number of benzene rings is 1. The fourth-order valence-electron chi connectivity index (χ4n) is 2.85. The highest BCUT2D eigenvalue weighted by Crippen LogP contribution is 2.23. The first-order valence-electron chi connectivity index (χ1n) is 7.49. The number of urea groups is 1. The third-order valence-electron chi connectivity index (χ3n) is 3.87. The quantitative estimate of drug-likeness (QED) is 0.904. The second-order valence-electron chi connectivity index (χ2n) is 5.98. The lowest BCUT2D eigenvalue weighted by Gasteiger charge is -2.19. The number of amides is 2. The standard InChI is InChI=1S/C16H24ClN3O2/c1-19(2)10-12-6-7-20(11-12)16(21)18-9-13-8-14(17)4-5-15(13)22-3/h4-5,8,12H,6-7,9-11H2,1-3H3,(H,18,21)/t12-/m0/s1. The summed E-state index contributed by atoms with van der Waals surface area (Å²) in [4.78, 5) is 16.3. The summed E-state index contributed by atoms with van der Waals surface area (Å²) in [5.74, 6) is 1.29. The summed E-state index contributed by atoms with van der Waals surface area (Å²) in [6.45, 7) is 3.07. The van der Waals surface area contributed by atoms with Gasteiger partial charge in [0.25, 0.3) is 0 Å². The van der Waals surface area contributed by atoms with Crippen molar-refractivity contribution in [2.24, 2.45) is 5.92 Å². The van der Waals surface area contributed by atoms with E-state index in [1.807, 2.05) is 17.0 Å². The van der Waals surface area contributed by atoms with Gasteiger partial charge in [-0.2, -0.15) is 0 Å². The second kappa shape index (κ2) is 7.70. The summed E-state index contributed by atoms with van der Waals surface area (Å²) in [6, 6.07) is 5.38. The van der Waals surface area contributed by atoms with E-state index < -0.39 is 0 Å². The summed E-state index contributed by atoms with van der Waals surface area (Å²) in [6.07, 6.45) is 1.06. The largest absolute Gasteiger partial charge is 0.496 e. The van der Waals surface area contributed by atoms with Crippen molar-refractivity contribution < 1.29 is 9.53 Å². The van der Waals surface area contributed by atoms with E-state index in [2.05, 4.69) is 24.3 Å². The van der Waals surface area contributed by atoms with Crippen molar-refractivity contribution in [3.8, 4) is 5.75 Å². The number of carbonyl (C=O) groups is 1. The molecule has 1 N–H and O–H groups in total. The van der Waals surface area contributed by atoms with Crippen LogP contribution < -0.4 is 10.1 Å². The molecule has 22 heavy (non-hydrogen) atoms. The topological polar surface area (TPSA) is 44.8 Å². The van der Waals surface area contributed by atoms with Crippen molar-refractivity contribution in [2.45, 2.75) is 13.0 Å². The van der Waals surface area contributed by atoms with Crippen LogP contribution in [0.25, 0.3) is 0 Å². The van der Waals surface area contributed by atoms with E-state index in [0.717, 1.165) is 37.4 Å². The Hall–Kier alpha value is -1.46. The molecule has 2 rings (SSSR count). The van der Waals surface area contributed by atoms with Gasteiger partial charge in [-0.15, -0.1) is 0 Å². The van der Waals surface area contributed by atoms with Crippen LogP contribution >= 0.6 is 11.6 Å². The monoisotopic (exact) mass is 325 g/mol. The molecule has 0 spiro atoms. The molecule has 1 aromatic carbocycles. The molecule has 0 unspecified atom stereocenters. The number of ether oxygens (including phenoxy) is 1. The van der Waals surface area contributed by atoms with Crippen LogP contribution in [0.1, 0.15) is 12.0 Å². The van der Waals surface area contributed by atoms with Crippen LogP contribution in [0, 0.1) is 5.92 Å². The third-order valence-corrected chi connectivity index (χ3v) is 4.10. The van der Waals surface area contributed by atoms with E-state index in [9.17, 15) is 4.79 Å². The van der Waals surface area contributed by atoms with Gasteiger partial charge < -0.3 is 19.9 Å². The smallest absolute Gasteiger partial charge is 0.317 e. The Morgan fingerprint density at radius 3 is 2.95 bits per heavy atom. The molecule has 1 aromatic rings. The molecule has 0 aromatic heterocycles. The lowest BCUT2D eigenvalue weighted by molar-refractivity contribution is 0.205. The number of nitrogens with one attached hydrogen (secondary N) is 1. The number of rotatable bonds is 5. The van der Waals surface area contributed by atoms with Crippen molar-refractivity contribution in [3.63, 3.8) is 0 Å². The molecule has 1 saturated heterocycles. The lowest BCUT2D eigenvalue weighted by atomic mass is 10.1. The predicted octanol–water partition coefficient (Wildman–Crippen LogP) is 2.44. The van der Waals surface area contributed by atoms with E-state index in [4.69, 9.17) is 16.3 Å². The van der Waals surface area contributed by atoms with Crippen molar-refractivity contribution >= 4 is 17.6 Å². The molecule has 0 saturated carbocycles. The fourth-order valence-corrected chi connectivity index (χ4v) is 3.05. The van der Waals surface area contributed by atoms with Gasteiger partial charge >= 0.3 is 6.03 Å². The number of hydrogen-bond acceptors (Lipinski definition) is 3. The van der Waals surface area contributed by atoms with Gasteiger partial charge in [-0.1, -0.05) is 11.6 Å². The molecular formula is C16H24ClN3O2. The van der Waals surface area contributed by atoms with E-state index in [0.29, 0.717) is 17.5 Å². The maximum atomic E-state index is 12.3. The lowest BCUT2D eigenvalue weighted by Crippen LogP contribution is -2.38. The van der Waals surface area contributed by atoms with Crippen molar-refractivity contribution in [1.29, 1.82) is 0 Å². The molecule has 5 nitrogen and oxygen atoms in total. The van der Waals surface area contributed by atoms with Gasteiger partial charge in [-0.05, 0) is 44.6 Å². The summed E-state index contributed by atoms with van der Waals surface area (Å²) < 4.78 is 5.29. The molecule has 6 heteroatoms. The Bertz CT molecular complexity index is 522. The third kappa shape index (κ3) is 4.52. The van der Waals surface area contributed by atoms with Crippen molar-refractivity contribution in [1.82, 2.24) is 15.1 Å². The molecule has 1 aliphatic rings. The minimum absolute atomic E-state index is 0.0247. The first kappa shape index (κ1) is 16.9. The molecule has 1 fully saturated rings. The molecule has 2 amide bonds. The van der Waals surface area contributed by atoms with E-state index in [1.54, 1.807) is 13.2 Å². The summed E-state index contributed by atoms with van der Waals surface area (Å²) in [5.41, 5.74) is 0.882. The van der Waals surface area contributed by atoms with Crippen LogP contribution in [0.5, 0.6) is 5.75 Å². The van der Waals surface area contributed by atoms with Crippen LogP contribution in [-0.2, 0) is 6.54 Å². The molecule has 1 heterocycles. The van der Waals surface area contributed by atoms with Gasteiger partial charge in [0, 0.05) is 36.8 Å². The Balaban J connectivity index is 1.87. The first-order valence-corrected chi connectivity index (χ1v) is 7.87. The zero-order valence-electron chi connectivity index (χ0n) is 13.4. The number of methoxy groups -OCH3 is 1. The second-order valence-corrected chi connectivity index (χ2v) is 6.41. The van der Waals surface area contributed by atoms with Crippen LogP contribution in [-0.4, -0.2) is 56.7 Å². The maximum Gasteiger partial charge on any atom is 0.317 e. The average Bonchev–Trinajstić information content (AvgIpc) is 2.92. The highest BCUT2D eigenvalue weighted by Gasteiger charge is 2.26. The van der Waals surface area contributed by atoms with Gasteiger partial charge in [0.2, 0.25) is 0 Å². The van der Waals surface area contributed by atoms with Gasteiger partial charge in [0.1, 0.15) is 5.75 Å². The van der Waals surface area contributed by atoms with E-state index in [-0.39, 0.29) is 6.03 Å². The van der Waals surface area contributed by atoms with Crippen molar-refractivity contribution in [2.75, 3.05) is 40.8 Å². The molecule has 1 aliphatic heterocycles. The highest BCUT2D eigenvalue weighted by atomic mass is 35.5. The number of carbonyl (C=O) groups excluding carboxylic acids is 1. The molecule has 0 bridgehead atoms.